The predicted octanol–water partition coefficient (Wildman–Crippen LogP) is 5.75. The monoisotopic (exact) mass is 487 g/mol. The van der Waals surface area contributed by atoms with Crippen LogP contribution < -0.4 is 14.8 Å². The van der Waals surface area contributed by atoms with Gasteiger partial charge in [0.25, 0.3) is 0 Å². The fourth-order valence-electron chi connectivity index (χ4n) is 4.89. The van der Waals surface area contributed by atoms with Gasteiger partial charge in [0.1, 0.15) is 5.78 Å². The third-order valence-corrected chi connectivity index (χ3v) is 6.97. The first-order valence-electron chi connectivity index (χ1n) is 13.4. The maximum atomic E-state index is 12.4. The summed E-state index contributed by atoms with van der Waals surface area (Å²) < 4.78 is 10.7. The van der Waals surface area contributed by atoms with Crippen LogP contribution in [0.15, 0.2) is 30.4 Å². The van der Waals surface area contributed by atoms with Gasteiger partial charge in [-0.3, -0.25) is 9.59 Å². The number of hydrogen-bond donors (Lipinski definition) is 2. The first-order valence-corrected chi connectivity index (χ1v) is 13.4. The van der Waals surface area contributed by atoms with Crippen LogP contribution in [-0.4, -0.2) is 37.1 Å². The molecule has 1 aliphatic carbocycles. The predicted molar refractivity (Wildman–Crippen MR) is 140 cm³/mol. The third-order valence-electron chi connectivity index (χ3n) is 6.97. The topological polar surface area (TPSA) is 84.9 Å². The zero-order chi connectivity index (χ0) is 25.5. The number of hydrogen-bond acceptors (Lipinski definition) is 5. The maximum Gasteiger partial charge on any atom is 0.220 e. The second kappa shape index (κ2) is 16.4. The van der Waals surface area contributed by atoms with E-state index in [1.165, 1.54) is 0 Å². The average Bonchev–Trinajstić information content (AvgIpc) is 3.22. The summed E-state index contributed by atoms with van der Waals surface area (Å²) in [6.07, 6.45) is 14.6. The van der Waals surface area contributed by atoms with Crippen molar-refractivity contribution in [2.24, 2.45) is 11.8 Å². The summed E-state index contributed by atoms with van der Waals surface area (Å²) in [5.41, 5.74) is 0.888. The Bertz CT molecular complexity index is 806. The van der Waals surface area contributed by atoms with Gasteiger partial charge in [0.05, 0.1) is 20.3 Å². The van der Waals surface area contributed by atoms with Crippen molar-refractivity contribution < 1.29 is 24.2 Å². The van der Waals surface area contributed by atoms with E-state index in [4.69, 9.17) is 9.47 Å². The van der Waals surface area contributed by atoms with Crippen LogP contribution in [0.1, 0.15) is 89.5 Å². The van der Waals surface area contributed by atoms with E-state index in [1.54, 1.807) is 14.2 Å². The third kappa shape index (κ3) is 10.0. The molecule has 6 heteroatoms. The van der Waals surface area contributed by atoms with Crippen LogP contribution in [0, 0.1) is 11.8 Å². The van der Waals surface area contributed by atoms with Gasteiger partial charge in [-0.05, 0) is 37.7 Å². The SMILES string of the molecule is CCCCC[C@H](O)/C=C/[C@H]1CCC(=O)[C@@H]1CCCCCCC(=O)NCc1cccc(OC)c1OC. The van der Waals surface area contributed by atoms with E-state index >= 15 is 0 Å². The Morgan fingerprint density at radius 3 is 2.69 bits per heavy atom. The Hall–Kier alpha value is -2.34. The fourth-order valence-corrected chi connectivity index (χ4v) is 4.89. The van der Waals surface area contributed by atoms with E-state index in [-0.39, 0.29) is 17.7 Å². The van der Waals surface area contributed by atoms with E-state index in [0.717, 1.165) is 69.8 Å². The van der Waals surface area contributed by atoms with E-state index in [0.29, 0.717) is 36.7 Å². The quantitative estimate of drug-likeness (QED) is 0.216. The van der Waals surface area contributed by atoms with Crippen molar-refractivity contribution in [2.75, 3.05) is 14.2 Å². The maximum absolute atomic E-state index is 12.4. The standard InChI is InChI=1S/C29H45NO5/c1-4-5-8-13-24(31)19-17-22-18-20-26(32)25(22)14-9-6-7-10-16-28(33)30-21-23-12-11-15-27(34-2)29(23)35-3/h11-12,15,17,19,22,24-25,31H,4-10,13-14,16,18,20-21H2,1-3H3,(H,30,33)/b19-17+/t22-,24-,25+/m0/s1. The van der Waals surface area contributed by atoms with Gasteiger partial charge in [-0.1, -0.05) is 69.7 Å². The molecule has 1 aliphatic rings. The lowest BCUT2D eigenvalue weighted by atomic mass is 9.89. The van der Waals surface area contributed by atoms with Crippen LogP contribution >= 0.6 is 0 Å². The highest BCUT2D eigenvalue weighted by molar-refractivity contribution is 5.83. The lowest BCUT2D eigenvalue weighted by Crippen LogP contribution is -2.22. The van der Waals surface area contributed by atoms with Crippen LogP contribution in [0.5, 0.6) is 11.5 Å². The number of ether oxygens (including phenoxy) is 2. The van der Waals surface area contributed by atoms with Crippen molar-refractivity contribution in [3.63, 3.8) is 0 Å². The van der Waals surface area contributed by atoms with Crippen molar-refractivity contribution >= 4 is 11.7 Å². The first-order chi connectivity index (χ1) is 17.0. The number of allylic oxidation sites excluding steroid dienone is 1. The number of Topliss-reactive ketones (excluding diaryl/α,β-unsaturated/α-hetero) is 1. The van der Waals surface area contributed by atoms with Crippen molar-refractivity contribution in [3.05, 3.63) is 35.9 Å². The molecule has 1 saturated carbocycles. The highest BCUT2D eigenvalue weighted by atomic mass is 16.5. The van der Waals surface area contributed by atoms with Gasteiger partial charge in [-0.15, -0.1) is 0 Å². The summed E-state index contributed by atoms with van der Waals surface area (Å²) in [5.74, 6) is 2.06. The number of benzene rings is 1. The van der Waals surface area contributed by atoms with Crippen LogP contribution in [0.25, 0.3) is 0 Å². The van der Waals surface area contributed by atoms with Gasteiger partial charge in [-0.2, -0.15) is 0 Å². The van der Waals surface area contributed by atoms with Crippen molar-refractivity contribution in [2.45, 2.75) is 96.6 Å². The number of aliphatic hydroxyl groups excluding tert-OH is 1. The molecule has 1 aromatic rings. The molecular weight excluding hydrogens is 442 g/mol. The zero-order valence-corrected chi connectivity index (χ0v) is 21.9. The minimum Gasteiger partial charge on any atom is -0.493 e. The molecule has 0 heterocycles. The second-order valence-electron chi connectivity index (χ2n) is 9.61. The van der Waals surface area contributed by atoms with Crippen LogP contribution in [0.3, 0.4) is 0 Å². The molecule has 0 saturated heterocycles. The number of nitrogens with one attached hydrogen (secondary N) is 1. The molecule has 0 aliphatic heterocycles. The summed E-state index contributed by atoms with van der Waals surface area (Å²) in [4.78, 5) is 24.6. The number of aliphatic hydroxyl groups is 1. The average molecular weight is 488 g/mol. The highest BCUT2D eigenvalue weighted by Crippen LogP contribution is 2.34. The van der Waals surface area contributed by atoms with Gasteiger partial charge >= 0.3 is 0 Å². The number of ketones is 1. The number of carbonyl (C=O) groups is 2. The normalized spacial score (nSPS) is 18.7. The number of rotatable bonds is 17. The van der Waals surface area contributed by atoms with Gasteiger partial charge in [-0.25, -0.2) is 0 Å². The Kier molecular flexibility index (Phi) is 13.5. The summed E-state index contributed by atoms with van der Waals surface area (Å²) in [7, 11) is 3.19. The number of unbranched alkanes of at least 4 members (excludes halogenated alkanes) is 5. The lowest BCUT2D eigenvalue weighted by Gasteiger charge is -2.15. The molecule has 1 aromatic carbocycles. The second-order valence-corrected chi connectivity index (χ2v) is 9.61. The minimum absolute atomic E-state index is 0.0311. The molecular formula is C29H45NO5. The largest absolute Gasteiger partial charge is 0.493 e. The van der Waals surface area contributed by atoms with E-state index in [2.05, 4.69) is 18.3 Å². The molecule has 2 rings (SSSR count). The number of carbonyl (C=O) groups excluding carboxylic acids is 2. The van der Waals surface area contributed by atoms with Crippen molar-refractivity contribution in [1.29, 1.82) is 0 Å². The molecule has 35 heavy (non-hydrogen) atoms. The molecule has 0 spiro atoms. The lowest BCUT2D eigenvalue weighted by molar-refractivity contribution is -0.122. The molecule has 196 valence electrons. The van der Waals surface area contributed by atoms with Crippen molar-refractivity contribution in [1.82, 2.24) is 5.32 Å². The first kappa shape index (κ1) is 28.9. The smallest absolute Gasteiger partial charge is 0.220 e. The summed E-state index contributed by atoms with van der Waals surface area (Å²) >= 11 is 0. The molecule has 3 atom stereocenters. The zero-order valence-electron chi connectivity index (χ0n) is 21.9. The van der Waals surface area contributed by atoms with E-state index in [1.807, 2.05) is 24.3 Å². The van der Waals surface area contributed by atoms with Crippen LogP contribution in [0.2, 0.25) is 0 Å². The minimum atomic E-state index is -0.394. The molecule has 1 fully saturated rings. The molecule has 6 nitrogen and oxygen atoms in total. The summed E-state index contributed by atoms with van der Waals surface area (Å²) in [6, 6.07) is 5.63. The number of amides is 1. The summed E-state index contributed by atoms with van der Waals surface area (Å²) in [6.45, 7) is 2.57. The molecule has 2 N–H and O–H groups in total. The van der Waals surface area contributed by atoms with Crippen molar-refractivity contribution in [3.8, 4) is 11.5 Å². The van der Waals surface area contributed by atoms with Gasteiger partial charge in [0.2, 0.25) is 5.91 Å². The highest BCUT2D eigenvalue weighted by Gasteiger charge is 2.32. The van der Waals surface area contributed by atoms with Gasteiger partial charge in [0, 0.05) is 30.9 Å². The van der Waals surface area contributed by atoms with E-state index in [9.17, 15) is 14.7 Å². The molecule has 0 radical (unpaired) electrons. The Morgan fingerprint density at radius 2 is 1.94 bits per heavy atom. The van der Waals surface area contributed by atoms with Crippen LogP contribution in [0.4, 0.5) is 0 Å². The molecule has 0 unspecified atom stereocenters. The fraction of sp³-hybridized carbons (Fsp3) is 0.655. The number of methoxy groups -OCH3 is 2. The molecule has 0 aromatic heterocycles. The Labute approximate surface area is 211 Å². The van der Waals surface area contributed by atoms with Crippen LogP contribution in [-0.2, 0) is 16.1 Å². The molecule has 0 bridgehead atoms. The van der Waals surface area contributed by atoms with Gasteiger partial charge in [0.15, 0.2) is 11.5 Å². The van der Waals surface area contributed by atoms with Gasteiger partial charge < -0.3 is 19.9 Å². The molecule has 1 amide bonds. The summed E-state index contributed by atoms with van der Waals surface area (Å²) in [5, 5.41) is 13.1. The number of para-hydroxylation sites is 1. The Morgan fingerprint density at radius 1 is 1.14 bits per heavy atom. The Balaban J connectivity index is 1.63. The van der Waals surface area contributed by atoms with E-state index < -0.39 is 6.10 Å².